The number of aliphatic hydroxyl groups excluding tert-OH is 1. The van der Waals surface area contributed by atoms with Gasteiger partial charge in [-0.2, -0.15) is 0 Å². The van der Waals surface area contributed by atoms with Crippen LogP contribution in [0.15, 0.2) is 30.3 Å². The lowest BCUT2D eigenvalue weighted by Crippen LogP contribution is -2.62. The van der Waals surface area contributed by atoms with Crippen LogP contribution in [0.4, 0.5) is 0 Å². The highest BCUT2D eigenvalue weighted by atomic mass is 33.1. The average Bonchev–Trinajstić information content (AvgIpc) is 3.69. The van der Waals surface area contributed by atoms with E-state index in [9.17, 15) is 57.8 Å². The van der Waals surface area contributed by atoms with Crippen LogP contribution in [0.1, 0.15) is 129 Å². The first-order chi connectivity index (χ1) is 40.7. The van der Waals surface area contributed by atoms with Crippen molar-refractivity contribution in [2.75, 3.05) is 44.2 Å². The predicted octanol–water partition coefficient (Wildman–Crippen LogP) is -3.59. The van der Waals surface area contributed by atoms with Gasteiger partial charge in [-0.15, -0.1) is 0 Å². The standard InChI is InChI=1S/C55H96N16O12S2/c1-4-6-8-9-10-11-15-19-44(73)62-36(20-25-56)52(80)71-45(33(3)72)55(83)67-40(24-29-60)51(79)70-43-32-85-84-31-42(46(61)74)69-50(78)39(23-28-59)65-48(76)37(21-26-57)64-47(75)35(18-7-5-2)63-53(81)41(30-34-16-13-12-14-17-34)68-49(77)38(22-27-58)66-54(43)82/h12-14,16-17,33,35-43,45,72H,4-11,15,18-32,56-60H2,1-3H3,(H2,61,74)(H,62,73)(H,63,81)(H,64,75)(H,65,76)(H,66,82)(H,67,83)(H,68,77)(H,69,78)(H,70,79)(H,71,80)/t33?,35-,36-,37-,38-,39-,40-,41+,42+,43-,45-/m0/s1. The van der Waals surface area contributed by atoms with Gasteiger partial charge >= 0.3 is 0 Å². The number of nitrogens with one attached hydrogen (secondary N) is 10. The van der Waals surface area contributed by atoms with E-state index in [1.54, 1.807) is 30.3 Å². The molecule has 0 aliphatic carbocycles. The molecule has 1 aromatic carbocycles. The van der Waals surface area contributed by atoms with E-state index in [-0.39, 0.29) is 95.6 Å². The van der Waals surface area contributed by atoms with Crippen LogP contribution in [0.25, 0.3) is 0 Å². The van der Waals surface area contributed by atoms with Crippen LogP contribution in [0.2, 0.25) is 0 Å². The molecule has 28 nitrogen and oxygen atoms in total. The first-order valence-corrected chi connectivity index (χ1v) is 32.0. The molecule has 0 spiro atoms. The lowest BCUT2D eigenvalue weighted by molar-refractivity contribution is -0.136. The van der Waals surface area contributed by atoms with E-state index in [2.05, 4.69) is 60.1 Å². The van der Waals surface area contributed by atoms with Crippen LogP contribution in [-0.4, -0.2) is 181 Å². The Kier molecular flexibility index (Phi) is 37.6. The summed E-state index contributed by atoms with van der Waals surface area (Å²) in [4.78, 5) is 153. The molecule has 1 fully saturated rings. The van der Waals surface area contributed by atoms with Gasteiger partial charge in [0, 0.05) is 24.3 Å². The molecule has 30 heteroatoms. The Morgan fingerprint density at radius 3 is 1.51 bits per heavy atom. The average molecular weight is 1240 g/mol. The summed E-state index contributed by atoms with van der Waals surface area (Å²) < 4.78 is 0. The summed E-state index contributed by atoms with van der Waals surface area (Å²) in [5.74, 6) is -9.79. The van der Waals surface area contributed by atoms with Crippen LogP contribution in [0, 0.1) is 0 Å². The number of aliphatic hydroxyl groups is 1. The Morgan fingerprint density at radius 1 is 0.541 bits per heavy atom. The molecular formula is C55H96N16O12S2. The monoisotopic (exact) mass is 1240 g/mol. The van der Waals surface area contributed by atoms with Crippen molar-refractivity contribution in [1.29, 1.82) is 0 Å². The smallest absolute Gasteiger partial charge is 0.245 e. The van der Waals surface area contributed by atoms with Gasteiger partial charge in [0.25, 0.3) is 0 Å². The highest BCUT2D eigenvalue weighted by Crippen LogP contribution is 2.24. The first-order valence-electron chi connectivity index (χ1n) is 29.5. The van der Waals surface area contributed by atoms with Crippen molar-refractivity contribution in [3.8, 4) is 0 Å². The Balaban J connectivity index is 2.61. The number of amides is 11. The van der Waals surface area contributed by atoms with Crippen molar-refractivity contribution in [2.24, 2.45) is 34.4 Å². The highest BCUT2D eigenvalue weighted by Gasteiger charge is 2.37. The predicted molar refractivity (Wildman–Crippen MR) is 326 cm³/mol. The number of hydrogen-bond acceptors (Lipinski definition) is 19. The fourth-order valence-corrected chi connectivity index (χ4v) is 11.2. The maximum Gasteiger partial charge on any atom is 0.245 e. The molecule has 23 N–H and O–H groups in total. The minimum atomic E-state index is -1.67. The Hall–Kier alpha value is -6.15. The van der Waals surface area contributed by atoms with Gasteiger partial charge in [-0.1, -0.05) is 117 Å². The van der Waals surface area contributed by atoms with Crippen molar-refractivity contribution in [1.82, 2.24) is 53.2 Å². The second-order valence-corrected chi connectivity index (χ2v) is 23.5. The molecule has 1 saturated heterocycles. The third-order valence-electron chi connectivity index (χ3n) is 13.8. The molecule has 1 aliphatic rings. The second-order valence-electron chi connectivity index (χ2n) is 20.9. The number of unbranched alkanes of at least 4 members (excludes halogenated alkanes) is 7. The van der Waals surface area contributed by atoms with E-state index in [4.69, 9.17) is 34.4 Å². The molecular weight excluding hydrogens is 1140 g/mol. The van der Waals surface area contributed by atoms with E-state index < -0.39 is 132 Å². The molecule has 480 valence electrons. The minimum Gasteiger partial charge on any atom is -0.391 e. The topological polar surface area (TPSA) is 484 Å². The molecule has 0 aromatic heterocycles. The molecule has 2 rings (SSSR count). The largest absolute Gasteiger partial charge is 0.391 e. The van der Waals surface area contributed by atoms with Gasteiger partial charge in [0.1, 0.15) is 60.4 Å². The molecule has 0 saturated carbocycles. The van der Waals surface area contributed by atoms with Crippen LogP contribution in [0.5, 0.6) is 0 Å². The fourth-order valence-electron chi connectivity index (χ4n) is 8.86. The van der Waals surface area contributed by atoms with Gasteiger partial charge in [-0.3, -0.25) is 52.7 Å². The fraction of sp³-hybridized carbons (Fsp3) is 0.691. The molecule has 1 aromatic rings. The lowest BCUT2D eigenvalue weighted by atomic mass is 10.0. The molecule has 11 amide bonds. The van der Waals surface area contributed by atoms with Gasteiger partial charge in [0.15, 0.2) is 0 Å². The van der Waals surface area contributed by atoms with Crippen molar-refractivity contribution >= 4 is 86.6 Å². The third kappa shape index (κ3) is 28.7. The molecule has 0 bridgehead atoms. The maximum absolute atomic E-state index is 14.5. The van der Waals surface area contributed by atoms with Gasteiger partial charge < -0.3 is 92.7 Å². The van der Waals surface area contributed by atoms with Crippen molar-refractivity contribution in [2.45, 2.75) is 196 Å². The van der Waals surface area contributed by atoms with Gasteiger partial charge in [-0.05, 0) is 90.2 Å². The molecule has 1 aliphatic heterocycles. The van der Waals surface area contributed by atoms with E-state index in [0.29, 0.717) is 24.8 Å². The van der Waals surface area contributed by atoms with Gasteiger partial charge in [0.05, 0.1) is 6.10 Å². The maximum atomic E-state index is 14.5. The molecule has 85 heavy (non-hydrogen) atoms. The Morgan fingerprint density at radius 2 is 1.00 bits per heavy atom. The van der Waals surface area contributed by atoms with Crippen LogP contribution >= 0.6 is 21.6 Å². The number of primary amides is 1. The number of rotatable bonds is 32. The van der Waals surface area contributed by atoms with Crippen LogP contribution < -0.4 is 87.6 Å². The van der Waals surface area contributed by atoms with Crippen LogP contribution in [-0.2, 0) is 59.2 Å². The van der Waals surface area contributed by atoms with E-state index >= 15 is 0 Å². The molecule has 1 unspecified atom stereocenters. The van der Waals surface area contributed by atoms with Crippen molar-refractivity contribution < 1.29 is 57.8 Å². The molecule has 1 heterocycles. The van der Waals surface area contributed by atoms with Gasteiger partial charge in [0.2, 0.25) is 65.0 Å². The van der Waals surface area contributed by atoms with E-state index in [1.807, 2.05) is 6.92 Å². The molecule has 11 atom stereocenters. The number of hydrogen-bond donors (Lipinski definition) is 17. The number of nitrogens with two attached hydrogens (primary N) is 6. The van der Waals surface area contributed by atoms with Crippen LogP contribution in [0.3, 0.4) is 0 Å². The summed E-state index contributed by atoms with van der Waals surface area (Å²) in [5, 5.41) is 36.8. The second kappa shape index (κ2) is 42.6. The van der Waals surface area contributed by atoms with Gasteiger partial charge in [-0.25, -0.2) is 0 Å². The Labute approximate surface area is 506 Å². The number of carbonyl (C=O) groups excluding carboxylic acids is 11. The van der Waals surface area contributed by atoms with Crippen molar-refractivity contribution in [3.63, 3.8) is 0 Å². The van der Waals surface area contributed by atoms with E-state index in [0.717, 1.165) is 60.1 Å². The lowest BCUT2D eigenvalue weighted by Gasteiger charge is -2.28. The summed E-state index contributed by atoms with van der Waals surface area (Å²) in [6.07, 6.45) is 5.86. The zero-order valence-electron chi connectivity index (χ0n) is 49.4. The summed E-state index contributed by atoms with van der Waals surface area (Å²) >= 11 is 0. The summed E-state index contributed by atoms with van der Waals surface area (Å²) in [6, 6.07) is -5.36. The molecule has 0 radical (unpaired) electrons. The number of benzene rings is 1. The number of carbonyl (C=O) groups is 11. The Bertz CT molecular complexity index is 2280. The zero-order valence-corrected chi connectivity index (χ0v) is 51.1. The first kappa shape index (κ1) is 74.9. The quantitative estimate of drug-likeness (QED) is 0.0245. The summed E-state index contributed by atoms with van der Waals surface area (Å²) in [5.41, 5.74) is 35.7. The third-order valence-corrected chi connectivity index (χ3v) is 16.2. The SMILES string of the molecule is CCCCCCCCCC(=O)N[C@@H](CCN)C(=O)N[C@H](C(=O)N[C@@H](CCN)C(=O)N[C@H]1CSSC[C@H](C(N)=O)NC(=O)[C@H](CCN)NC(=O)[C@H](CCN)NC(=O)[C@H](CCCC)NC(=O)[C@@H](Cc2ccccc2)NC(=O)[C@H](CCN)NC1=O)C(C)O. The zero-order chi connectivity index (χ0) is 63.3. The highest BCUT2D eigenvalue weighted by molar-refractivity contribution is 8.76. The minimum absolute atomic E-state index is 0.000754. The van der Waals surface area contributed by atoms with Crippen molar-refractivity contribution in [3.05, 3.63) is 35.9 Å². The normalized spacial score (nSPS) is 22.1. The summed E-state index contributed by atoms with van der Waals surface area (Å²) in [6.45, 7) is 4.67. The van der Waals surface area contributed by atoms with E-state index in [1.165, 1.54) is 6.92 Å². The summed E-state index contributed by atoms with van der Waals surface area (Å²) in [7, 11) is 1.87.